The van der Waals surface area contributed by atoms with E-state index >= 15 is 0 Å². The van der Waals surface area contributed by atoms with Crippen LogP contribution in [0.1, 0.15) is 27.2 Å². The van der Waals surface area contributed by atoms with Gasteiger partial charge in [-0.25, -0.2) is 0 Å². The van der Waals surface area contributed by atoms with Crippen molar-refractivity contribution in [2.45, 2.75) is 37.7 Å². The summed E-state index contributed by atoms with van der Waals surface area (Å²) in [4.78, 5) is 22.1. The highest BCUT2D eigenvalue weighted by molar-refractivity contribution is 7.87. The number of carbonyl (C=O) groups is 2. The fourth-order valence-electron chi connectivity index (χ4n) is 1.11. The molecule has 0 radical (unpaired) electrons. The third-order valence-corrected chi connectivity index (χ3v) is 4.00. The maximum atomic E-state index is 11.7. The Hall–Kier alpha value is -0.910. The van der Waals surface area contributed by atoms with E-state index in [9.17, 15) is 13.8 Å². The van der Waals surface area contributed by atoms with E-state index < -0.39 is 27.3 Å². The first-order chi connectivity index (χ1) is 6.95. The topological polar surface area (TPSA) is 83.5 Å². The minimum atomic E-state index is -1.68. The first-order valence-electron chi connectivity index (χ1n) is 4.85. The van der Waals surface area contributed by atoms with Gasteiger partial charge in [0, 0.05) is 17.3 Å². The Bertz CT molecular complexity index is 267. The Labute approximate surface area is 91.7 Å². The molecule has 0 fully saturated rings. The van der Waals surface area contributed by atoms with Gasteiger partial charge in [-0.3, -0.25) is 13.8 Å². The molecule has 0 aliphatic carbocycles. The van der Waals surface area contributed by atoms with Gasteiger partial charge < -0.3 is 10.4 Å². The molecule has 0 aliphatic heterocycles. The SMILES string of the molecule is CCNC(=O)C(C)S(=O)C(CC)C(=O)O. The van der Waals surface area contributed by atoms with E-state index in [2.05, 4.69) is 5.32 Å². The van der Waals surface area contributed by atoms with Gasteiger partial charge in [0.1, 0.15) is 10.5 Å². The van der Waals surface area contributed by atoms with E-state index in [-0.39, 0.29) is 12.3 Å². The molecule has 5 nitrogen and oxygen atoms in total. The standard InChI is InChI=1S/C9H17NO4S/c1-4-7(9(12)13)15(14)6(3)8(11)10-5-2/h6-7H,4-5H2,1-3H3,(H,10,11)(H,12,13). The van der Waals surface area contributed by atoms with Gasteiger partial charge in [0.25, 0.3) is 0 Å². The van der Waals surface area contributed by atoms with Crippen LogP contribution in [0.4, 0.5) is 0 Å². The predicted octanol–water partition coefficient (Wildman–Crippen LogP) is 0.123. The Kier molecular flexibility index (Phi) is 6.15. The van der Waals surface area contributed by atoms with Crippen molar-refractivity contribution in [1.82, 2.24) is 5.32 Å². The highest BCUT2D eigenvalue weighted by Crippen LogP contribution is 2.08. The molecule has 0 aromatic rings. The second-order valence-electron chi connectivity index (χ2n) is 3.10. The summed E-state index contributed by atoms with van der Waals surface area (Å²) < 4.78 is 11.7. The van der Waals surface area contributed by atoms with Crippen LogP contribution in [-0.4, -0.2) is 38.2 Å². The Balaban J connectivity index is 4.54. The summed E-state index contributed by atoms with van der Waals surface area (Å²) in [7, 11) is -1.68. The van der Waals surface area contributed by atoms with Gasteiger partial charge in [0.05, 0.1) is 0 Å². The highest BCUT2D eigenvalue weighted by atomic mass is 32.2. The number of nitrogens with one attached hydrogen (secondary N) is 1. The molecule has 1 amide bonds. The van der Waals surface area contributed by atoms with Crippen LogP contribution in [0.15, 0.2) is 0 Å². The first-order valence-corrected chi connectivity index (χ1v) is 6.13. The third-order valence-electron chi connectivity index (χ3n) is 2.00. The van der Waals surface area contributed by atoms with Crippen molar-refractivity contribution < 1.29 is 18.9 Å². The molecular formula is C9H17NO4S. The summed E-state index contributed by atoms with van der Waals surface area (Å²) in [6.07, 6.45) is 0.256. The van der Waals surface area contributed by atoms with E-state index in [4.69, 9.17) is 5.11 Å². The highest BCUT2D eigenvalue weighted by Gasteiger charge is 2.30. The molecule has 0 aromatic heterocycles. The summed E-state index contributed by atoms with van der Waals surface area (Å²) in [6, 6.07) is 0. The molecule has 0 saturated heterocycles. The molecule has 0 heterocycles. The zero-order valence-corrected chi connectivity index (χ0v) is 9.97. The normalized spacial score (nSPS) is 16.5. The summed E-state index contributed by atoms with van der Waals surface area (Å²) >= 11 is 0. The molecule has 0 spiro atoms. The maximum Gasteiger partial charge on any atom is 0.319 e. The van der Waals surface area contributed by atoms with Crippen molar-refractivity contribution in [3.63, 3.8) is 0 Å². The average Bonchev–Trinajstić information content (AvgIpc) is 2.17. The van der Waals surface area contributed by atoms with Crippen molar-refractivity contribution in [3.8, 4) is 0 Å². The minimum absolute atomic E-state index is 0.256. The second kappa shape index (κ2) is 6.55. The van der Waals surface area contributed by atoms with E-state index in [0.717, 1.165) is 0 Å². The van der Waals surface area contributed by atoms with Gasteiger partial charge in [-0.05, 0) is 20.3 Å². The average molecular weight is 235 g/mol. The molecule has 3 atom stereocenters. The molecule has 2 N–H and O–H groups in total. The molecular weight excluding hydrogens is 218 g/mol. The van der Waals surface area contributed by atoms with Crippen LogP contribution in [0.3, 0.4) is 0 Å². The Morgan fingerprint density at radius 1 is 1.40 bits per heavy atom. The summed E-state index contributed by atoms with van der Waals surface area (Å²) in [5.74, 6) is -1.48. The zero-order chi connectivity index (χ0) is 12.0. The third kappa shape index (κ3) is 3.99. The van der Waals surface area contributed by atoms with Crippen LogP contribution in [-0.2, 0) is 20.4 Å². The number of aliphatic carboxylic acids is 1. The smallest absolute Gasteiger partial charge is 0.319 e. The lowest BCUT2D eigenvalue weighted by molar-refractivity contribution is -0.136. The Morgan fingerprint density at radius 2 is 1.93 bits per heavy atom. The van der Waals surface area contributed by atoms with Crippen molar-refractivity contribution in [2.75, 3.05) is 6.54 Å². The number of hydrogen-bond acceptors (Lipinski definition) is 3. The molecule has 0 saturated carbocycles. The number of carbonyl (C=O) groups excluding carboxylic acids is 1. The molecule has 0 aliphatic rings. The molecule has 3 unspecified atom stereocenters. The van der Waals surface area contributed by atoms with Gasteiger partial charge in [0.15, 0.2) is 0 Å². The number of carboxylic acids is 1. The van der Waals surface area contributed by atoms with Gasteiger partial charge >= 0.3 is 5.97 Å². The molecule has 0 bridgehead atoms. The quantitative estimate of drug-likeness (QED) is 0.685. The van der Waals surface area contributed by atoms with Crippen molar-refractivity contribution in [1.29, 1.82) is 0 Å². The van der Waals surface area contributed by atoms with Crippen LogP contribution in [0.2, 0.25) is 0 Å². The molecule has 88 valence electrons. The van der Waals surface area contributed by atoms with Crippen molar-refractivity contribution in [2.24, 2.45) is 0 Å². The number of amides is 1. The van der Waals surface area contributed by atoms with E-state index in [1.165, 1.54) is 6.92 Å². The predicted molar refractivity (Wildman–Crippen MR) is 58.0 cm³/mol. The lowest BCUT2D eigenvalue weighted by Crippen LogP contribution is -2.40. The van der Waals surface area contributed by atoms with Crippen LogP contribution >= 0.6 is 0 Å². The number of hydrogen-bond donors (Lipinski definition) is 2. The lowest BCUT2D eigenvalue weighted by atomic mass is 10.3. The number of carboxylic acid groups (broad SMARTS) is 1. The molecule has 0 rings (SSSR count). The summed E-state index contributed by atoms with van der Waals surface area (Å²) in [5.41, 5.74) is 0. The van der Waals surface area contributed by atoms with Gasteiger partial charge in [-0.15, -0.1) is 0 Å². The zero-order valence-electron chi connectivity index (χ0n) is 9.15. The second-order valence-corrected chi connectivity index (χ2v) is 5.03. The van der Waals surface area contributed by atoms with Crippen LogP contribution in [0.25, 0.3) is 0 Å². The van der Waals surface area contributed by atoms with Crippen LogP contribution in [0.5, 0.6) is 0 Å². The lowest BCUT2D eigenvalue weighted by Gasteiger charge is -2.15. The van der Waals surface area contributed by atoms with Crippen LogP contribution in [0, 0.1) is 0 Å². The van der Waals surface area contributed by atoms with Gasteiger partial charge in [-0.1, -0.05) is 6.92 Å². The first kappa shape index (κ1) is 14.1. The van der Waals surface area contributed by atoms with Crippen LogP contribution < -0.4 is 5.32 Å². The Morgan fingerprint density at radius 3 is 2.27 bits per heavy atom. The molecule has 0 aromatic carbocycles. The van der Waals surface area contributed by atoms with E-state index in [1.54, 1.807) is 13.8 Å². The van der Waals surface area contributed by atoms with Crippen molar-refractivity contribution in [3.05, 3.63) is 0 Å². The largest absolute Gasteiger partial charge is 0.480 e. The summed E-state index contributed by atoms with van der Waals surface area (Å²) in [6.45, 7) is 5.32. The van der Waals surface area contributed by atoms with E-state index in [1.807, 2.05) is 0 Å². The maximum absolute atomic E-state index is 11.7. The summed E-state index contributed by atoms with van der Waals surface area (Å²) in [5, 5.41) is 9.54. The molecule has 15 heavy (non-hydrogen) atoms. The van der Waals surface area contributed by atoms with Gasteiger partial charge in [-0.2, -0.15) is 0 Å². The van der Waals surface area contributed by atoms with Gasteiger partial charge in [0.2, 0.25) is 5.91 Å². The minimum Gasteiger partial charge on any atom is -0.480 e. The fourth-order valence-corrected chi connectivity index (χ4v) is 2.42. The van der Waals surface area contributed by atoms with Crippen molar-refractivity contribution >= 4 is 22.7 Å². The van der Waals surface area contributed by atoms with E-state index in [0.29, 0.717) is 6.54 Å². The monoisotopic (exact) mass is 235 g/mol. The molecule has 6 heteroatoms. The fraction of sp³-hybridized carbons (Fsp3) is 0.778. The number of rotatable bonds is 6.